The Morgan fingerprint density at radius 2 is 1.88 bits per heavy atom. The van der Waals surface area contributed by atoms with Gasteiger partial charge in [0.25, 0.3) is 5.91 Å². The second-order valence-electron chi connectivity index (χ2n) is 11.1. The first kappa shape index (κ1) is 23.6. The molecule has 34 heavy (non-hydrogen) atoms. The molecule has 4 aliphatic rings. The minimum atomic E-state index is -1.78. The first-order valence-corrected chi connectivity index (χ1v) is 13.3. The average molecular weight is 484 g/mol. The zero-order valence-corrected chi connectivity index (χ0v) is 20.7. The molecule has 1 aromatic rings. The average Bonchev–Trinajstić information content (AvgIpc) is 3.05. The third-order valence-corrected chi connectivity index (χ3v) is 10.5. The van der Waals surface area contributed by atoms with Crippen LogP contribution in [0.4, 0.5) is 0 Å². The number of fused-ring (bicyclic) bond motifs is 5. The number of aliphatic hydroxyl groups is 2. The van der Waals surface area contributed by atoms with Crippen molar-refractivity contribution in [1.82, 2.24) is 4.72 Å². The third-order valence-electron chi connectivity index (χ3n) is 9.44. The van der Waals surface area contributed by atoms with Gasteiger partial charge in [0.15, 0.2) is 16.8 Å². The van der Waals surface area contributed by atoms with Crippen molar-refractivity contribution in [2.24, 2.45) is 28.6 Å². The Morgan fingerprint density at radius 3 is 2.59 bits per heavy atom. The van der Waals surface area contributed by atoms with Crippen LogP contribution in [-0.2, 0) is 20.6 Å². The lowest BCUT2D eigenvalue weighted by molar-refractivity contribution is -0.176. The van der Waals surface area contributed by atoms with Gasteiger partial charge in [0.2, 0.25) is 0 Å². The summed E-state index contributed by atoms with van der Waals surface area (Å²) in [6.07, 6.45) is 7.36. The normalized spacial score (nSPS) is 41.7. The Bertz CT molecular complexity index is 1130. The molecule has 8 atom stereocenters. The van der Waals surface area contributed by atoms with E-state index in [0.29, 0.717) is 11.3 Å². The van der Waals surface area contributed by atoms with Gasteiger partial charge < -0.3 is 10.2 Å². The van der Waals surface area contributed by atoms with Gasteiger partial charge in [-0.3, -0.25) is 14.3 Å². The van der Waals surface area contributed by atoms with Crippen LogP contribution in [0.25, 0.3) is 0 Å². The standard InChI is InChI=1S/C27H33NO5S/c1-16-4-7-19(8-5-16)34(33)28-24(31)27(32)13-11-21-20-9-6-17-14-18(29)10-12-25(17,2)23(20)22(30)15-26(21,27)3/h4-5,7-8,10,12,14,20-23,30,32H,6,9,11,13,15H2,1-3H3,(H,28,31)/t20?,21?,22?,23?,25?,26?,27-,34+/m0/s1. The highest BCUT2D eigenvalue weighted by molar-refractivity contribution is 7.83. The fourth-order valence-electron chi connectivity index (χ4n) is 7.59. The molecule has 1 amide bonds. The van der Waals surface area contributed by atoms with E-state index in [9.17, 15) is 24.0 Å². The largest absolute Gasteiger partial charge is 0.393 e. The van der Waals surface area contributed by atoms with E-state index in [1.165, 1.54) is 0 Å². The summed E-state index contributed by atoms with van der Waals surface area (Å²) in [6.45, 7) is 5.94. The zero-order valence-electron chi connectivity index (χ0n) is 19.9. The van der Waals surface area contributed by atoms with Crippen LogP contribution in [0, 0.1) is 35.5 Å². The highest BCUT2D eigenvalue weighted by atomic mass is 32.2. The molecule has 7 heteroatoms. The number of carbonyl (C=O) groups excluding carboxylic acids is 2. The van der Waals surface area contributed by atoms with Crippen LogP contribution in [0.2, 0.25) is 0 Å². The molecule has 1 aromatic carbocycles. The predicted octanol–water partition coefficient (Wildman–Crippen LogP) is 3.14. The SMILES string of the molecule is Cc1ccc([S@@](=O)NC(=O)[C@@]2(O)CCC3C4CCC5=CC(=O)C=CC5(C)C4C(O)CC32C)cc1. The summed E-state index contributed by atoms with van der Waals surface area (Å²) in [6, 6.07) is 7.08. The van der Waals surface area contributed by atoms with Gasteiger partial charge in [0.05, 0.1) is 11.0 Å². The Balaban J connectivity index is 1.42. The number of hydrogen-bond donors (Lipinski definition) is 3. The fourth-order valence-corrected chi connectivity index (χ4v) is 8.43. The first-order valence-electron chi connectivity index (χ1n) is 12.1. The molecule has 0 bridgehead atoms. The number of carbonyl (C=O) groups is 2. The Morgan fingerprint density at radius 1 is 1.18 bits per heavy atom. The number of nitrogens with one attached hydrogen (secondary N) is 1. The first-order chi connectivity index (χ1) is 16.0. The van der Waals surface area contributed by atoms with E-state index in [1.807, 2.05) is 32.1 Å². The van der Waals surface area contributed by atoms with Crippen LogP contribution in [-0.4, -0.2) is 37.8 Å². The van der Waals surface area contributed by atoms with E-state index in [1.54, 1.807) is 24.3 Å². The summed E-state index contributed by atoms with van der Waals surface area (Å²) in [5, 5.41) is 23.2. The van der Waals surface area contributed by atoms with Gasteiger partial charge in [-0.15, -0.1) is 0 Å². The number of benzene rings is 1. The number of rotatable bonds is 3. The van der Waals surface area contributed by atoms with Crippen molar-refractivity contribution in [3.8, 4) is 0 Å². The fraction of sp³-hybridized carbons (Fsp3) is 0.556. The van der Waals surface area contributed by atoms with Crippen LogP contribution in [0.3, 0.4) is 0 Å². The maximum Gasteiger partial charge on any atom is 0.264 e. The van der Waals surface area contributed by atoms with E-state index in [2.05, 4.69) is 11.6 Å². The van der Waals surface area contributed by atoms with E-state index < -0.39 is 39.4 Å². The molecule has 3 N–H and O–H groups in total. The highest BCUT2D eigenvalue weighted by Gasteiger charge is 2.68. The van der Waals surface area contributed by atoms with E-state index in [0.717, 1.165) is 24.0 Å². The minimum Gasteiger partial charge on any atom is -0.393 e. The molecule has 6 nitrogen and oxygen atoms in total. The molecule has 0 aromatic heterocycles. The van der Waals surface area contributed by atoms with Gasteiger partial charge in [-0.1, -0.05) is 43.2 Å². The van der Waals surface area contributed by atoms with E-state index in [4.69, 9.17) is 0 Å². The van der Waals surface area contributed by atoms with Crippen LogP contribution in [0.1, 0.15) is 51.5 Å². The Hall–Kier alpha value is -2.09. The molecular formula is C27H33NO5S. The lowest BCUT2D eigenvalue weighted by Gasteiger charge is -2.59. The second-order valence-corrected chi connectivity index (χ2v) is 12.3. The van der Waals surface area contributed by atoms with Gasteiger partial charge in [-0.2, -0.15) is 0 Å². The molecule has 6 unspecified atom stereocenters. The van der Waals surface area contributed by atoms with Crippen molar-refractivity contribution in [2.75, 3.05) is 0 Å². The summed E-state index contributed by atoms with van der Waals surface area (Å²) in [7, 11) is -1.78. The molecule has 3 saturated carbocycles. The molecule has 182 valence electrons. The lowest BCUT2D eigenvalue weighted by atomic mass is 9.46. The van der Waals surface area contributed by atoms with Crippen LogP contribution in [0.5, 0.6) is 0 Å². The predicted molar refractivity (Wildman–Crippen MR) is 129 cm³/mol. The van der Waals surface area contributed by atoms with Gasteiger partial charge in [0.1, 0.15) is 5.60 Å². The molecule has 4 aliphatic carbocycles. The molecule has 0 heterocycles. The molecule has 0 radical (unpaired) electrons. The molecular weight excluding hydrogens is 450 g/mol. The van der Waals surface area contributed by atoms with E-state index >= 15 is 0 Å². The number of hydrogen-bond acceptors (Lipinski definition) is 5. The Labute approximate surface area is 203 Å². The van der Waals surface area contributed by atoms with Crippen molar-refractivity contribution >= 4 is 22.7 Å². The van der Waals surface area contributed by atoms with Crippen molar-refractivity contribution < 1.29 is 24.0 Å². The van der Waals surface area contributed by atoms with Crippen LogP contribution >= 0.6 is 0 Å². The van der Waals surface area contributed by atoms with Gasteiger partial charge in [-0.05, 0) is 75.1 Å². The smallest absolute Gasteiger partial charge is 0.264 e. The van der Waals surface area contributed by atoms with Crippen molar-refractivity contribution in [3.05, 3.63) is 53.6 Å². The number of ketones is 1. The Kier molecular flexibility index (Phi) is 5.54. The van der Waals surface area contributed by atoms with Crippen LogP contribution < -0.4 is 4.72 Å². The van der Waals surface area contributed by atoms with Crippen molar-refractivity contribution in [2.45, 2.75) is 69.5 Å². The summed E-state index contributed by atoms with van der Waals surface area (Å²) < 4.78 is 15.4. The lowest BCUT2D eigenvalue weighted by Crippen LogP contribution is -2.63. The number of aliphatic hydroxyl groups excluding tert-OH is 1. The van der Waals surface area contributed by atoms with Crippen LogP contribution in [0.15, 0.2) is 53.0 Å². The van der Waals surface area contributed by atoms with Gasteiger partial charge in [0, 0.05) is 16.7 Å². The number of allylic oxidation sites excluding steroid dienone is 4. The molecule has 0 saturated heterocycles. The van der Waals surface area contributed by atoms with Gasteiger partial charge >= 0.3 is 0 Å². The zero-order chi connectivity index (χ0) is 24.5. The maximum absolute atomic E-state index is 13.4. The summed E-state index contributed by atoms with van der Waals surface area (Å²) in [4.78, 5) is 25.8. The molecule has 0 aliphatic heterocycles. The highest BCUT2D eigenvalue weighted by Crippen LogP contribution is 2.66. The minimum absolute atomic E-state index is 0.00504. The van der Waals surface area contributed by atoms with Gasteiger partial charge in [-0.25, -0.2) is 4.21 Å². The monoisotopic (exact) mass is 483 g/mol. The third kappa shape index (κ3) is 3.31. The molecule has 0 spiro atoms. The summed E-state index contributed by atoms with van der Waals surface area (Å²) in [5.41, 5.74) is -0.837. The number of amides is 1. The second kappa shape index (κ2) is 7.97. The topological polar surface area (TPSA) is 104 Å². The quantitative estimate of drug-likeness (QED) is 0.613. The maximum atomic E-state index is 13.4. The summed E-state index contributed by atoms with van der Waals surface area (Å²) in [5.74, 6) is -0.531. The van der Waals surface area contributed by atoms with E-state index in [-0.39, 0.29) is 36.4 Å². The summed E-state index contributed by atoms with van der Waals surface area (Å²) >= 11 is 0. The molecule has 3 fully saturated rings. The van der Waals surface area contributed by atoms with Crippen molar-refractivity contribution in [3.63, 3.8) is 0 Å². The number of aryl methyl sites for hydroxylation is 1. The van der Waals surface area contributed by atoms with Crippen molar-refractivity contribution in [1.29, 1.82) is 0 Å². The molecule has 5 rings (SSSR count).